The summed E-state index contributed by atoms with van der Waals surface area (Å²) >= 11 is 11.8. The summed E-state index contributed by atoms with van der Waals surface area (Å²) < 4.78 is 7.11. The Hall–Kier alpha value is -0.770. The van der Waals surface area contributed by atoms with Crippen LogP contribution >= 0.6 is 23.2 Å². The Labute approximate surface area is 104 Å². The number of nitrogens with zero attached hydrogens (tertiary/aromatic N) is 2. The third kappa shape index (κ3) is 2.17. The van der Waals surface area contributed by atoms with Crippen LogP contribution in [-0.2, 0) is 17.2 Å². The van der Waals surface area contributed by atoms with E-state index in [0.29, 0.717) is 17.5 Å². The predicted molar refractivity (Wildman–Crippen MR) is 66.2 cm³/mol. The predicted octanol–water partition coefficient (Wildman–Crippen LogP) is 3.07. The van der Waals surface area contributed by atoms with Crippen molar-refractivity contribution in [2.24, 2.45) is 0 Å². The monoisotopic (exact) mass is 258 g/mol. The molecule has 0 unspecified atom stereocenters. The van der Waals surface area contributed by atoms with Crippen molar-refractivity contribution < 1.29 is 4.74 Å². The van der Waals surface area contributed by atoms with Gasteiger partial charge in [-0.25, -0.2) is 4.98 Å². The summed E-state index contributed by atoms with van der Waals surface area (Å²) in [7, 11) is 1.67. The zero-order valence-corrected chi connectivity index (χ0v) is 10.4. The van der Waals surface area contributed by atoms with Crippen LogP contribution in [0, 0.1) is 0 Å². The minimum atomic E-state index is 0.385. The fraction of sp³-hybridized carbons (Fsp3) is 0.364. The number of hydrogen-bond acceptors (Lipinski definition) is 2. The second kappa shape index (κ2) is 5.04. The van der Waals surface area contributed by atoms with Crippen LogP contribution < -0.4 is 0 Å². The molecule has 0 aliphatic heterocycles. The van der Waals surface area contributed by atoms with E-state index in [9.17, 15) is 0 Å². The molecule has 2 aromatic rings. The zero-order chi connectivity index (χ0) is 11.5. The number of fused-ring (bicyclic) bond motifs is 1. The van der Waals surface area contributed by atoms with E-state index in [1.807, 2.05) is 22.8 Å². The van der Waals surface area contributed by atoms with E-state index in [4.69, 9.17) is 27.9 Å². The molecule has 0 saturated heterocycles. The van der Waals surface area contributed by atoms with Crippen LogP contribution in [0.5, 0.6) is 0 Å². The van der Waals surface area contributed by atoms with Gasteiger partial charge in [-0.2, -0.15) is 0 Å². The summed E-state index contributed by atoms with van der Waals surface area (Å²) in [6, 6.07) is 5.63. The molecule has 1 aromatic heterocycles. The topological polar surface area (TPSA) is 27.1 Å². The molecule has 0 aliphatic rings. The van der Waals surface area contributed by atoms with Crippen LogP contribution in [0.15, 0.2) is 18.2 Å². The molecular formula is C11H12Cl2N2O. The van der Waals surface area contributed by atoms with Crippen LogP contribution in [0.3, 0.4) is 0 Å². The Morgan fingerprint density at radius 3 is 2.94 bits per heavy atom. The molecular weight excluding hydrogens is 247 g/mol. The Balaban J connectivity index is 2.52. The van der Waals surface area contributed by atoms with Gasteiger partial charge in [-0.15, -0.1) is 11.6 Å². The van der Waals surface area contributed by atoms with Crippen LogP contribution in [0.1, 0.15) is 5.82 Å². The SMILES string of the molecule is COCCn1c(CCl)nc2ccc(Cl)cc21. The van der Waals surface area contributed by atoms with Gasteiger partial charge in [-0.05, 0) is 18.2 Å². The molecule has 16 heavy (non-hydrogen) atoms. The zero-order valence-electron chi connectivity index (χ0n) is 8.91. The Kier molecular flexibility index (Phi) is 3.69. The number of methoxy groups -OCH3 is 1. The Morgan fingerprint density at radius 1 is 1.44 bits per heavy atom. The maximum atomic E-state index is 5.97. The number of hydrogen-bond donors (Lipinski definition) is 0. The average Bonchev–Trinajstić information content (AvgIpc) is 2.63. The van der Waals surface area contributed by atoms with Gasteiger partial charge in [0.2, 0.25) is 0 Å². The number of ether oxygens (including phenoxy) is 1. The van der Waals surface area contributed by atoms with Gasteiger partial charge in [0.05, 0.1) is 23.5 Å². The number of imidazole rings is 1. The molecule has 0 atom stereocenters. The van der Waals surface area contributed by atoms with Crippen molar-refractivity contribution in [3.63, 3.8) is 0 Å². The second-order valence-electron chi connectivity index (χ2n) is 3.44. The Morgan fingerprint density at radius 2 is 2.25 bits per heavy atom. The van der Waals surface area contributed by atoms with Gasteiger partial charge in [0.15, 0.2) is 0 Å². The third-order valence-corrected chi connectivity index (χ3v) is 2.90. The fourth-order valence-corrected chi connectivity index (χ4v) is 2.05. The number of alkyl halides is 1. The molecule has 0 N–H and O–H groups in total. The van der Waals surface area contributed by atoms with Gasteiger partial charge < -0.3 is 9.30 Å². The van der Waals surface area contributed by atoms with Gasteiger partial charge in [0.1, 0.15) is 5.82 Å². The maximum absolute atomic E-state index is 5.97. The van der Waals surface area contributed by atoms with Crippen molar-refractivity contribution in [1.82, 2.24) is 9.55 Å². The Bertz CT molecular complexity index is 496. The van der Waals surface area contributed by atoms with Crippen molar-refractivity contribution in [2.75, 3.05) is 13.7 Å². The van der Waals surface area contributed by atoms with Gasteiger partial charge in [-0.3, -0.25) is 0 Å². The first-order valence-electron chi connectivity index (χ1n) is 4.96. The van der Waals surface area contributed by atoms with Crippen molar-refractivity contribution >= 4 is 34.2 Å². The summed E-state index contributed by atoms with van der Waals surface area (Å²) in [4.78, 5) is 4.44. The quantitative estimate of drug-likeness (QED) is 0.789. The van der Waals surface area contributed by atoms with E-state index >= 15 is 0 Å². The van der Waals surface area contributed by atoms with E-state index in [1.165, 1.54) is 0 Å². The molecule has 0 amide bonds. The normalized spacial score (nSPS) is 11.2. The molecule has 1 aromatic carbocycles. The van der Waals surface area contributed by atoms with Crippen LogP contribution in [-0.4, -0.2) is 23.3 Å². The van der Waals surface area contributed by atoms with Crippen molar-refractivity contribution in [3.05, 3.63) is 29.0 Å². The molecule has 0 spiro atoms. The molecule has 0 aliphatic carbocycles. The highest BCUT2D eigenvalue weighted by Gasteiger charge is 2.09. The van der Waals surface area contributed by atoms with Gasteiger partial charge in [0.25, 0.3) is 0 Å². The number of halogens is 2. The lowest BCUT2D eigenvalue weighted by atomic mass is 10.3. The number of benzene rings is 1. The molecule has 0 radical (unpaired) electrons. The van der Waals surface area contributed by atoms with Crippen LogP contribution in [0.2, 0.25) is 5.02 Å². The van der Waals surface area contributed by atoms with E-state index in [1.54, 1.807) is 7.11 Å². The highest BCUT2D eigenvalue weighted by atomic mass is 35.5. The number of rotatable bonds is 4. The largest absolute Gasteiger partial charge is 0.383 e. The summed E-state index contributed by atoms with van der Waals surface area (Å²) in [6.07, 6.45) is 0. The molecule has 1 heterocycles. The van der Waals surface area contributed by atoms with Crippen molar-refractivity contribution in [1.29, 1.82) is 0 Å². The van der Waals surface area contributed by atoms with Crippen LogP contribution in [0.4, 0.5) is 0 Å². The molecule has 0 fully saturated rings. The minimum Gasteiger partial charge on any atom is -0.383 e. The highest BCUT2D eigenvalue weighted by Crippen LogP contribution is 2.21. The van der Waals surface area contributed by atoms with Gasteiger partial charge in [0, 0.05) is 18.7 Å². The average molecular weight is 259 g/mol. The van der Waals surface area contributed by atoms with Gasteiger partial charge in [-0.1, -0.05) is 11.6 Å². The van der Waals surface area contributed by atoms with Crippen molar-refractivity contribution in [2.45, 2.75) is 12.4 Å². The summed E-state index contributed by atoms with van der Waals surface area (Å²) in [5.41, 5.74) is 1.91. The molecule has 0 bridgehead atoms. The summed E-state index contributed by atoms with van der Waals surface area (Å²) in [6.45, 7) is 1.36. The molecule has 86 valence electrons. The summed E-state index contributed by atoms with van der Waals surface area (Å²) in [5, 5.41) is 0.701. The van der Waals surface area contributed by atoms with Gasteiger partial charge >= 0.3 is 0 Å². The van der Waals surface area contributed by atoms with E-state index < -0.39 is 0 Å². The van der Waals surface area contributed by atoms with E-state index in [0.717, 1.165) is 23.4 Å². The lowest BCUT2D eigenvalue weighted by Gasteiger charge is -2.06. The highest BCUT2D eigenvalue weighted by molar-refractivity contribution is 6.31. The second-order valence-corrected chi connectivity index (χ2v) is 4.14. The fourth-order valence-electron chi connectivity index (χ4n) is 1.68. The van der Waals surface area contributed by atoms with E-state index in [2.05, 4.69) is 4.98 Å². The third-order valence-electron chi connectivity index (χ3n) is 2.43. The lowest BCUT2D eigenvalue weighted by Crippen LogP contribution is -2.07. The number of aromatic nitrogens is 2. The smallest absolute Gasteiger partial charge is 0.124 e. The first kappa shape index (κ1) is 11.7. The van der Waals surface area contributed by atoms with Crippen LogP contribution in [0.25, 0.3) is 11.0 Å². The van der Waals surface area contributed by atoms with E-state index in [-0.39, 0.29) is 0 Å². The first-order valence-corrected chi connectivity index (χ1v) is 5.87. The lowest BCUT2D eigenvalue weighted by molar-refractivity contribution is 0.187. The first-order chi connectivity index (χ1) is 7.76. The molecule has 2 rings (SSSR count). The van der Waals surface area contributed by atoms with Crippen molar-refractivity contribution in [3.8, 4) is 0 Å². The molecule has 3 nitrogen and oxygen atoms in total. The maximum Gasteiger partial charge on any atom is 0.124 e. The minimum absolute atomic E-state index is 0.385. The summed E-state index contributed by atoms with van der Waals surface area (Å²) in [5.74, 6) is 1.23. The molecule has 5 heteroatoms. The standard InChI is InChI=1S/C11H12Cl2N2O/c1-16-5-4-15-10-6-8(13)2-3-9(10)14-11(15)7-12/h2-3,6H,4-5,7H2,1H3. The molecule has 0 saturated carbocycles.